The van der Waals surface area contributed by atoms with Crippen molar-refractivity contribution in [1.82, 2.24) is 15.5 Å². The third-order valence-electron chi connectivity index (χ3n) is 5.64. The number of carbonyl (C=O) groups excluding carboxylic acids is 7. The van der Waals surface area contributed by atoms with Gasteiger partial charge < -0.3 is 16.0 Å². The number of aryl methyl sites for hydroxylation is 1. The van der Waals surface area contributed by atoms with Gasteiger partial charge in [0.2, 0.25) is 17.7 Å². The van der Waals surface area contributed by atoms with Crippen molar-refractivity contribution in [2.45, 2.75) is 58.3 Å². The average Bonchev–Trinajstić information content (AvgIpc) is 3.18. The molecule has 1 aromatic carbocycles. The van der Waals surface area contributed by atoms with Crippen LogP contribution < -0.4 is 16.0 Å². The number of nitrogens with one attached hydrogen (secondary N) is 3. The highest BCUT2D eigenvalue weighted by Crippen LogP contribution is 2.13. The summed E-state index contributed by atoms with van der Waals surface area (Å²) in [7, 11) is 0. The normalized spacial score (nSPS) is 12.4. The second kappa shape index (κ2) is 15.9. The quantitative estimate of drug-likeness (QED) is 0.156. The lowest BCUT2D eigenvalue weighted by Gasteiger charge is -2.13. The molecule has 0 unspecified atom stereocenters. The van der Waals surface area contributed by atoms with Crippen molar-refractivity contribution in [1.29, 1.82) is 0 Å². The molecular formula is C27H34N4O7. The van der Waals surface area contributed by atoms with Gasteiger partial charge in [-0.3, -0.25) is 38.5 Å². The van der Waals surface area contributed by atoms with Crippen molar-refractivity contribution in [3.63, 3.8) is 0 Å². The van der Waals surface area contributed by atoms with E-state index in [0.717, 1.165) is 10.5 Å². The van der Waals surface area contributed by atoms with Gasteiger partial charge in [-0.1, -0.05) is 12.1 Å². The van der Waals surface area contributed by atoms with Crippen LogP contribution in [0.4, 0.5) is 5.69 Å². The van der Waals surface area contributed by atoms with Crippen LogP contribution in [-0.2, 0) is 40.0 Å². The second-order valence-corrected chi connectivity index (χ2v) is 8.98. The van der Waals surface area contributed by atoms with Crippen molar-refractivity contribution >= 4 is 46.8 Å². The molecule has 38 heavy (non-hydrogen) atoms. The molecular weight excluding hydrogens is 492 g/mol. The molecule has 0 aliphatic carbocycles. The third kappa shape index (κ3) is 11.7. The molecule has 2 rings (SSSR count). The Balaban J connectivity index is 1.51. The van der Waals surface area contributed by atoms with Gasteiger partial charge in [0.05, 0.1) is 6.42 Å². The van der Waals surface area contributed by atoms with E-state index in [4.69, 9.17) is 0 Å². The number of hydrogen-bond donors (Lipinski definition) is 3. The fourth-order valence-electron chi connectivity index (χ4n) is 3.67. The molecule has 0 saturated carbocycles. The number of anilines is 1. The fourth-order valence-corrected chi connectivity index (χ4v) is 3.67. The summed E-state index contributed by atoms with van der Waals surface area (Å²) in [5.74, 6) is -1.68. The van der Waals surface area contributed by atoms with Crippen molar-refractivity contribution in [3.8, 4) is 0 Å². The third-order valence-corrected chi connectivity index (χ3v) is 5.64. The maximum Gasteiger partial charge on any atom is 0.253 e. The number of hydrogen-bond acceptors (Lipinski definition) is 7. The van der Waals surface area contributed by atoms with E-state index in [2.05, 4.69) is 16.0 Å². The summed E-state index contributed by atoms with van der Waals surface area (Å²) in [4.78, 5) is 82.5. The minimum Gasteiger partial charge on any atom is -0.354 e. The van der Waals surface area contributed by atoms with E-state index in [9.17, 15) is 33.6 Å². The Labute approximate surface area is 221 Å². The minimum absolute atomic E-state index is 0.0458. The van der Waals surface area contributed by atoms with Crippen LogP contribution in [0.15, 0.2) is 36.4 Å². The standard InChI is InChI=1S/C27H34N4O7/c1-19(32)18-22(33)12-9-20-7-10-21(11-8-20)30-25(36)5-2-4-23(34)28-15-16-29-24(35)6-3-17-31-26(37)13-14-27(31)38/h7-8,10-11,13-14H,2-6,9,12,15-18H2,1H3,(H,28,34)(H,29,35)(H,30,36). The molecule has 11 nitrogen and oxygen atoms in total. The zero-order chi connectivity index (χ0) is 27.9. The largest absolute Gasteiger partial charge is 0.354 e. The van der Waals surface area contributed by atoms with Crippen LogP contribution in [0.1, 0.15) is 57.4 Å². The summed E-state index contributed by atoms with van der Waals surface area (Å²) in [6.45, 7) is 2.06. The molecule has 0 atom stereocenters. The van der Waals surface area contributed by atoms with Crippen LogP contribution in [0.2, 0.25) is 0 Å². The molecule has 0 bridgehead atoms. The summed E-state index contributed by atoms with van der Waals surface area (Å²) < 4.78 is 0. The molecule has 11 heteroatoms. The van der Waals surface area contributed by atoms with Crippen LogP contribution in [0, 0.1) is 0 Å². The van der Waals surface area contributed by atoms with E-state index in [1.165, 1.54) is 19.1 Å². The Morgan fingerprint density at radius 2 is 1.29 bits per heavy atom. The van der Waals surface area contributed by atoms with Gasteiger partial charge >= 0.3 is 0 Å². The van der Waals surface area contributed by atoms with E-state index in [1.54, 1.807) is 12.1 Å². The van der Waals surface area contributed by atoms with Crippen molar-refractivity contribution in [2.24, 2.45) is 0 Å². The van der Waals surface area contributed by atoms with Gasteiger partial charge in [0, 0.05) is 63.2 Å². The Bertz CT molecular complexity index is 1060. The summed E-state index contributed by atoms with van der Waals surface area (Å²) in [5.41, 5.74) is 1.55. The predicted octanol–water partition coefficient (Wildman–Crippen LogP) is 1.21. The first-order valence-corrected chi connectivity index (χ1v) is 12.6. The lowest BCUT2D eigenvalue weighted by molar-refractivity contribution is -0.137. The first-order chi connectivity index (χ1) is 18.1. The van der Waals surface area contributed by atoms with Gasteiger partial charge in [0.1, 0.15) is 11.6 Å². The summed E-state index contributed by atoms with van der Waals surface area (Å²) in [5, 5.41) is 8.10. The van der Waals surface area contributed by atoms with Crippen LogP contribution >= 0.6 is 0 Å². The molecule has 0 fully saturated rings. The van der Waals surface area contributed by atoms with Crippen LogP contribution in [0.5, 0.6) is 0 Å². The fraction of sp³-hybridized carbons (Fsp3) is 0.444. The number of benzene rings is 1. The van der Waals surface area contributed by atoms with E-state index in [1.807, 2.05) is 12.1 Å². The minimum atomic E-state index is -0.376. The maximum atomic E-state index is 12.1. The molecule has 1 aromatic rings. The first-order valence-electron chi connectivity index (χ1n) is 12.6. The smallest absolute Gasteiger partial charge is 0.253 e. The van der Waals surface area contributed by atoms with Gasteiger partial charge in [-0.05, 0) is 43.9 Å². The Kier molecular flexibility index (Phi) is 12.5. The number of ketones is 2. The Hall–Kier alpha value is -4.15. The number of nitrogens with zero attached hydrogens (tertiary/aromatic N) is 1. The van der Waals surface area contributed by atoms with Crippen molar-refractivity contribution in [2.75, 3.05) is 25.0 Å². The van der Waals surface area contributed by atoms with Crippen molar-refractivity contribution < 1.29 is 33.6 Å². The van der Waals surface area contributed by atoms with Crippen LogP contribution in [0.25, 0.3) is 0 Å². The first kappa shape index (κ1) is 30.1. The molecule has 3 N–H and O–H groups in total. The van der Waals surface area contributed by atoms with Crippen molar-refractivity contribution in [3.05, 3.63) is 42.0 Å². The molecule has 5 amide bonds. The van der Waals surface area contributed by atoms with Gasteiger partial charge in [-0.15, -0.1) is 0 Å². The van der Waals surface area contributed by atoms with E-state index < -0.39 is 0 Å². The number of imide groups is 1. The van der Waals surface area contributed by atoms with Gasteiger partial charge in [-0.25, -0.2) is 0 Å². The summed E-state index contributed by atoms with van der Waals surface area (Å²) in [6, 6.07) is 7.12. The number of amides is 5. The molecule has 0 saturated heterocycles. The van der Waals surface area contributed by atoms with E-state index in [0.29, 0.717) is 31.4 Å². The number of rotatable bonds is 17. The molecule has 1 heterocycles. The molecule has 1 aliphatic rings. The SMILES string of the molecule is CC(=O)CC(=O)CCc1ccc(NC(=O)CCCC(=O)NCCNC(=O)CCCN2C(=O)C=CC2=O)cc1. The zero-order valence-electron chi connectivity index (χ0n) is 21.5. The molecule has 0 spiro atoms. The maximum absolute atomic E-state index is 12.1. The topological polar surface area (TPSA) is 159 Å². The molecule has 0 aromatic heterocycles. The average molecular weight is 527 g/mol. The number of Topliss-reactive ketones (excluding diaryl/α,β-unsaturated/α-hetero) is 2. The Morgan fingerprint density at radius 1 is 0.737 bits per heavy atom. The van der Waals surface area contributed by atoms with Crippen LogP contribution in [-0.4, -0.2) is 65.6 Å². The monoisotopic (exact) mass is 526 g/mol. The number of carbonyl (C=O) groups is 7. The van der Waals surface area contributed by atoms with Crippen LogP contribution in [0.3, 0.4) is 0 Å². The molecule has 1 aliphatic heterocycles. The second-order valence-electron chi connectivity index (χ2n) is 8.98. The summed E-state index contributed by atoms with van der Waals surface area (Å²) in [6.07, 6.45) is 4.39. The molecule has 204 valence electrons. The summed E-state index contributed by atoms with van der Waals surface area (Å²) >= 11 is 0. The lowest BCUT2D eigenvalue weighted by Crippen LogP contribution is -2.35. The Morgan fingerprint density at radius 3 is 1.87 bits per heavy atom. The van der Waals surface area contributed by atoms with Gasteiger partial charge in [0.15, 0.2) is 0 Å². The lowest BCUT2D eigenvalue weighted by atomic mass is 10.0. The highest BCUT2D eigenvalue weighted by Gasteiger charge is 2.22. The zero-order valence-corrected chi connectivity index (χ0v) is 21.5. The highest BCUT2D eigenvalue weighted by molar-refractivity contribution is 6.12. The predicted molar refractivity (Wildman–Crippen MR) is 139 cm³/mol. The van der Waals surface area contributed by atoms with Gasteiger partial charge in [-0.2, -0.15) is 0 Å². The van der Waals surface area contributed by atoms with E-state index in [-0.39, 0.29) is 86.4 Å². The molecule has 0 radical (unpaired) electrons. The highest BCUT2D eigenvalue weighted by atomic mass is 16.2. The van der Waals surface area contributed by atoms with Gasteiger partial charge in [0.25, 0.3) is 11.8 Å². The van der Waals surface area contributed by atoms with E-state index >= 15 is 0 Å².